The molecule has 0 aromatic rings. The first-order valence-corrected chi connectivity index (χ1v) is 4.80. The fourth-order valence-electron chi connectivity index (χ4n) is 1.64. The van der Waals surface area contributed by atoms with Crippen molar-refractivity contribution in [2.24, 2.45) is 0 Å². The molecule has 1 fully saturated rings. The molecule has 0 bridgehead atoms. The summed E-state index contributed by atoms with van der Waals surface area (Å²) in [5.74, 6) is -0.872. The Morgan fingerprint density at radius 3 is 2.86 bits per heavy atom. The molecule has 1 heterocycles. The molecule has 1 N–H and O–H groups in total. The van der Waals surface area contributed by atoms with E-state index < -0.39 is 5.97 Å². The Balaban J connectivity index is 2.56. The van der Waals surface area contributed by atoms with Crippen molar-refractivity contribution in [3.05, 3.63) is 0 Å². The van der Waals surface area contributed by atoms with E-state index in [1.54, 1.807) is 0 Å². The van der Waals surface area contributed by atoms with E-state index in [1.807, 2.05) is 6.92 Å². The zero-order valence-electron chi connectivity index (χ0n) is 8.23. The van der Waals surface area contributed by atoms with E-state index in [1.165, 1.54) is 4.90 Å². The highest BCUT2D eigenvalue weighted by Gasteiger charge is 2.30. The van der Waals surface area contributed by atoms with Crippen LogP contribution in [-0.2, 0) is 9.53 Å². The van der Waals surface area contributed by atoms with E-state index in [-0.39, 0.29) is 18.6 Å². The number of rotatable bonds is 5. The molecule has 1 saturated heterocycles. The molecule has 1 rings (SSSR count). The maximum Gasteiger partial charge on any atom is 0.410 e. The predicted molar refractivity (Wildman–Crippen MR) is 49.0 cm³/mol. The minimum atomic E-state index is -0.872. The number of carbonyl (C=O) groups is 2. The Kier molecular flexibility index (Phi) is 3.73. The van der Waals surface area contributed by atoms with Gasteiger partial charge in [0.1, 0.15) is 6.61 Å². The fraction of sp³-hybridized carbons (Fsp3) is 0.778. The average molecular weight is 201 g/mol. The molecular formula is C9H15NO4. The number of cyclic esters (lactones) is 1. The highest BCUT2D eigenvalue weighted by Crippen LogP contribution is 2.16. The number of hydrogen-bond acceptors (Lipinski definition) is 3. The van der Waals surface area contributed by atoms with Crippen LogP contribution in [0.1, 0.15) is 26.2 Å². The van der Waals surface area contributed by atoms with E-state index in [2.05, 4.69) is 0 Å². The van der Waals surface area contributed by atoms with Gasteiger partial charge in [-0.15, -0.1) is 0 Å². The predicted octanol–water partition coefficient (Wildman–Crippen LogP) is 1.08. The first-order chi connectivity index (χ1) is 6.65. The molecule has 1 aliphatic rings. The second kappa shape index (κ2) is 4.83. The molecule has 0 aromatic heterocycles. The molecule has 1 atom stereocenters. The van der Waals surface area contributed by atoms with E-state index in [4.69, 9.17) is 9.84 Å². The van der Waals surface area contributed by atoms with Crippen LogP contribution in [0.4, 0.5) is 4.79 Å². The van der Waals surface area contributed by atoms with Crippen molar-refractivity contribution in [2.45, 2.75) is 32.2 Å². The second-order valence-electron chi connectivity index (χ2n) is 3.35. The molecule has 0 saturated carbocycles. The van der Waals surface area contributed by atoms with Gasteiger partial charge in [-0.05, 0) is 6.42 Å². The Bertz CT molecular complexity index is 229. The first-order valence-electron chi connectivity index (χ1n) is 4.80. The highest BCUT2D eigenvalue weighted by molar-refractivity contribution is 5.72. The van der Waals surface area contributed by atoms with Gasteiger partial charge in [0, 0.05) is 6.04 Å². The van der Waals surface area contributed by atoms with Crippen molar-refractivity contribution in [2.75, 3.05) is 13.2 Å². The first kappa shape index (κ1) is 10.8. The SMILES string of the molecule is CCCC(CC(=O)O)N1CCOC1=O. The number of carboxylic acid groups (broad SMARTS) is 1. The molecule has 0 aliphatic carbocycles. The van der Waals surface area contributed by atoms with Crippen LogP contribution in [0.3, 0.4) is 0 Å². The van der Waals surface area contributed by atoms with Gasteiger partial charge in [-0.3, -0.25) is 4.79 Å². The van der Waals surface area contributed by atoms with Crippen LogP contribution in [-0.4, -0.2) is 41.3 Å². The van der Waals surface area contributed by atoms with E-state index in [0.717, 1.165) is 6.42 Å². The Morgan fingerprint density at radius 1 is 1.71 bits per heavy atom. The maximum absolute atomic E-state index is 11.2. The van der Waals surface area contributed by atoms with Gasteiger partial charge in [-0.25, -0.2) is 4.79 Å². The smallest absolute Gasteiger partial charge is 0.410 e. The summed E-state index contributed by atoms with van der Waals surface area (Å²) in [5, 5.41) is 8.68. The lowest BCUT2D eigenvalue weighted by molar-refractivity contribution is -0.138. The van der Waals surface area contributed by atoms with Crippen LogP contribution in [0.15, 0.2) is 0 Å². The van der Waals surface area contributed by atoms with Gasteiger partial charge >= 0.3 is 12.1 Å². The monoisotopic (exact) mass is 201 g/mol. The molecule has 80 valence electrons. The number of carbonyl (C=O) groups excluding carboxylic acids is 1. The van der Waals surface area contributed by atoms with Crippen molar-refractivity contribution in [1.82, 2.24) is 4.90 Å². The van der Waals surface area contributed by atoms with Gasteiger partial charge in [-0.1, -0.05) is 13.3 Å². The van der Waals surface area contributed by atoms with Gasteiger partial charge in [-0.2, -0.15) is 0 Å². The number of hydrogen-bond donors (Lipinski definition) is 1. The van der Waals surface area contributed by atoms with Crippen LogP contribution < -0.4 is 0 Å². The third-order valence-electron chi connectivity index (χ3n) is 2.27. The van der Waals surface area contributed by atoms with Crippen molar-refractivity contribution >= 4 is 12.1 Å². The quantitative estimate of drug-likeness (QED) is 0.722. The third kappa shape index (κ3) is 2.61. The van der Waals surface area contributed by atoms with Crippen molar-refractivity contribution < 1.29 is 19.4 Å². The molecule has 1 amide bonds. The van der Waals surface area contributed by atoms with Gasteiger partial charge < -0.3 is 14.7 Å². The van der Waals surface area contributed by atoms with Gasteiger partial charge in [0.15, 0.2) is 0 Å². The number of amides is 1. The largest absolute Gasteiger partial charge is 0.481 e. The summed E-state index contributed by atoms with van der Waals surface area (Å²) >= 11 is 0. The molecular weight excluding hydrogens is 186 g/mol. The van der Waals surface area contributed by atoms with Crippen LogP contribution in [0.2, 0.25) is 0 Å². The average Bonchev–Trinajstić information content (AvgIpc) is 2.50. The third-order valence-corrected chi connectivity index (χ3v) is 2.27. The van der Waals surface area contributed by atoms with Crippen LogP contribution in [0.25, 0.3) is 0 Å². The number of nitrogens with zero attached hydrogens (tertiary/aromatic N) is 1. The minimum Gasteiger partial charge on any atom is -0.481 e. The van der Waals surface area contributed by atoms with Gasteiger partial charge in [0.05, 0.1) is 13.0 Å². The molecule has 0 spiro atoms. The number of carboxylic acids is 1. The van der Waals surface area contributed by atoms with E-state index >= 15 is 0 Å². The van der Waals surface area contributed by atoms with Gasteiger partial charge in [0.2, 0.25) is 0 Å². The zero-order valence-corrected chi connectivity index (χ0v) is 8.23. The molecule has 0 aromatic carbocycles. The summed E-state index contributed by atoms with van der Waals surface area (Å²) in [6, 6.07) is -0.215. The molecule has 5 heteroatoms. The van der Waals surface area contributed by atoms with Crippen molar-refractivity contribution in [1.29, 1.82) is 0 Å². The lowest BCUT2D eigenvalue weighted by atomic mass is 10.1. The van der Waals surface area contributed by atoms with Crippen molar-refractivity contribution in [3.8, 4) is 0 Å². The lowest BCUT2D eigenvalue weighted by Crippen LogP contribution is -2.37. The van der Waals surface area contributed by atoms with E-state index in [0.29, 0.717) is 19.6 Å². The summed E-state index contributed by atoms with van der Waals surface area (Å²) in [6.45, 7) is 2.85. The second-order valence-corrected chi connectivity index (χ2v) is 3.35. The normalized spacial score (nSPS) is 18.1. The zero-order chi connectivity index (χ0) is 10.6. The molecule has 5 nitrogen and oxygen atoms in total. The van der Waals surface area contributed by atoms with E-state index in [9.17, 15) is 9.59 Å². The van der Waals surface area contributed by atoms with Crippen molar-refractivity contribution in [3.63, 3.8) is 0 Å². The summed E-state index contributed by atoms with van der Waals surface area (Å²) in [5.41, 5.74) is 0. The summed E-state index contributed by atoms with van der Waals surface area (Å²) < 4.78 is 4.77. The summed E-state index contributed by atoms with van der Waals surface area (Å²) in [4.78, 5) is 23.3. The highest BCUT2D eigenvalue weighted by atomic mass is 16.6. The molecule has 1 aliphatic heterocycles. The van der Waals surface area contributed by atoms with Crippen LogP contribution in [0, 0.1) is 0 Å². The topological polar surface area (TPSA) is 66.8 Å². The lowest BCUT2D eigenvalue weighted by Gasteiger charge is -2.23. The molecule has 1 unspecified atom stereocenters. The van der Waals surface area contributed by atoms with Crippen LogP contribution >= 0.6 is 0 Å². The van der Waals surface area contributed by atoms with Crippen LogP contribution in [0.5, 0.6) is 0 Å². The Hall–Kier alpha value is -1.26. The number of ether oxygens (including phenoxy) is 1. The standard InChI is InChI=1S/C9H15NO4/c1-2-3-7(6-8(11)12)10-4-5-14-9(10)13/h7H,2-6H2,1H3,(H,11,12). The molecule has 14 heavy (non-hydrogen) atoms. The minimum absolute atomic E-state index is 0.00292. The fourth-order valence-corrected chi connectivity index (χ4v) is 1.64. The number of aliphatic carboxylic acids is 1. The molecule has 0 radical (unpaired) electrons. The summed E-state index contributed by atoms with van der Waals surface area (Å²) in [6.07, 6.45) is 1.19. The maximum atomic E-state index is 11.2. The van der Waals surface area contributed by atoms with Gasteiger partial charge in [0.25, 0.3) is 0 Å². The Labute approximate surface area is 82.6 Å². The Morgan fingerprint density at radius 2 is 2.43 bits per heavy atom. The summed E-state index contributed by atoms with van der Waals surface area (Å²) in [7, 11) is 0.